The summed E-state index contributed by atoms with van der Waals surface area (Å²) in [5.41, 5.74) is 16.0. The molecule has 0 spiro atoms. The van der Waals surface area contributed by atoms with Crippen molar-refractivity contribution in [2.45, 2.75) is 102 Å². The Hall–Kier alpha value is -5.38. The van der Waals surface area contributed by atoms with E-state index in [1.165, 1.54) is 27.7 Å². The molecule has 0 aromatic carbocycles. The van der Waals surface area contributed by atoms with Crippen molar-refractivity contribution in [1.29, 1.82) is 0 Å². The number of carbonyl (C=O) groups excluding carboxylic acids is 8. The van der Waals surface area contributed by atoms with Gasteiger partial charge in [-0.15, -0.1) is 0 Å². The van der Waals surface area contributed by atoms with Gasteiger partial charge in [-0.3, -0.25) is 43.2 Å². The number of carboxylic acid groups (broad SMARTS) is 2. The molecule has 0 radical (unpaired) electrons. The molecule has 0 unspecified atom stereocenters. The van der Waals surface area contributed by atoms with E-state index in [0.29, 0.717) is 19.4 Å². The molecule has 0 aromatic heterocycles. The van der Waals surface area contributed by atoms with Crippen LogP contribution in [0.15, 0.2) is 0 Å². The average molecular weight is 745 g/mol. The van der Waals surface area contributed by atoms with Crippen LogP contribution in [0.2, 0.25) is 0 Å². The lowest BCUT2D eigenvalue weighted by Crippen LogP contribution is -2.58. The molecule has 0 aliphatic rings. The Bertz CT molecular complexity index is 1310. The van der Waals surface area contributed by atoms with Gasteiger partial charge in [0, 0.05) is 6.42 Å². The molecule has 22 heteroatoms. The molecule has 0 saturated heterocycles. The smallest absolute Gasteiger partial charge is 0.326 e. The summed E-state index contributed by atoms with van der Waals surface area (Å²) >= 11 is 0. The van der Waals surface area contributed by atoms with Gasteiger partial charge in [0.2, 0.25) is 47.3 Å². The number of hydrogen-bond donors (Lipinski definition) is 12. The molecule has 52 heavy (non-hydrogen) atoms. The fourth-order valence-electron chi connectivity index (χ4n) is 4.35. The number of amides is 8. The lowest BCUT2D eigenvalue weighted by Gasteiger charge is -2.25. The average Bonchev–Trinajstić information content (AvgIpc) is 3.05. The number of carboxylic acids is 2. The molecule has 22 nitrogen and oxygen atoms in total. The molecule has 0 fully saturated rings. The maximum atomic E-state index is 13.3. The summed E-state index contributed by atoms with van der Waals surface area (Å²) in [5.74, 6) is -10.4. The van der Waals surface area contributed by atoms with Crippen LogP contribution in [0.1, 0.15) is 66.2 Å². The van der Waals surface area contributed by atoms with Crippen LogP contribution >= 0.6 is 0 Å². The summed E-state index contributed by atoms with van der Waals surface area (Å²) in [4.78, 5) is 123. The van der Waals surface area contributed by atoms with Gasteiger partial charge in [0.1, 0.15) is 36.3 Å². The highest BCUT2D eigenvalue weighted by Gasteiger charge is 2.32. The predicted octanol–water partition coefficient (Wildman–Crippen LogP) is -5.38. The molecule has 0 aromatic rings. The molecule has 0 heterocycles. The molecule has 0 aliphatic carbocycles. The van der Waals surface area contributed by atoms with E-state index < -0.39 is 114 Å². The number of primary amides is 1. The van der Waals surface area contributed by atoms with Crippen LogP contribution in [0.5, 0.6) is 0 Å². The summed E-state index contributed by atoms with van der Waals surface area (Å²) in [6.07, 6.45) is -0.591. The zero-order valence-corrected chi connectivity index (χ0v) is 29.6. The van der Waals surface area contributed by atoms with E-state index in [4.69, 9.17) is 22.3 Å². The van der Waals surface area contributed by atoms with E-state index in [2.05, 4.69) is 37.2 Å². The second kappa shape index (κ2) is 23.9. The summed E-state index contributed by atoms with van der Waals surface area (Å²) in [5, 5.41) is 34.5. The minimum Gasteiger partial charge on any atom is -0.481 e. The molecular formula is C30H52N10O12. The summed E-state index contributed by atoms with van der Waals surface area (Å²) in [7, 11) is 0. The second-order valence-corrected chi connectivity index (χ2v) is 12.1. The molecular weight excluding hydrogens is 692 g/mol. The van der Waals surface area contributed by atoms with Gasteiger partial charge in [-0.05, 0) is 52.0 Å². The van der Waals surface area contributed by atoms with Gasteiger partial charge < -0.3 is 64.6 Å². The van der Waals surface area contributed by atoms with E-state index in [1.807, 2.05) is 0 Å². The van der Waals surface area contributed by atoms with Crippen molar-refractivity contribution in [1.82, 2.24) is 37.2 Å². The largest absolute Gasteiger partial charge is 0.481 e. The predicted molar refractivity (Wildman–Crippen MR) is 181 cm³/mol. The quantitative estimate of drug-likeness (QED) is 0.0389. The number of rotatable bonds is 25. The van der Waals surface area contributed by atoms with E-state index >= 15 is 0 Å². The Balaban J connectivity index is 5.62. The van der Waals surface area contributed by atoms with Gasteiger partial charge in [0.25, 0.3) is 0 Å². The first-order valence-corrected chi connectivity index (χ1v) is 16.4. The normalized spacial score (nSPS) is 14.2. The molecule has 8 amide bonds. The van der Waals surface area contributed by atoms with Crippen LogP contribution in [0.4, 0.5) is 0 Å². The summed E-state index contributed by atoms with van der Waals surface area (Å²) < 4.78 is 0. The number of carbonyl (C=O) groups is 10. The third kappa shape index (κ3) is 18.6. The van der Waals surface area contributed by atoms with E-state index in [0.717, 1.165) is 0 Å². The summed E-state index contributed by atoms with van der Waals surface area (Å²) in [6, 6.07) is -8.11. The minimum atomic E-state index is -1.69. The van der Waals surface area contributed by atoms with E-state index in [-0.39, 0.29) is 25.8 Å². The number of unbranched alkanes of at least 4 members (excludes halogenated alkanes) is 1. The van der Waals surface area contributed by atoms with Gasteiger partial charge >= 0.3 is 11.9 Å². The summed E-state index contributed by atoms with van der Waals surface area (Å²) in [6.45, 7) is 4.73. The standard InChI is InChI=1S/C30H52N10O12/c1-14(2)24(30(51)52)40-29(50)19(11-23(44)45)37-22(43)13-34-25(46)15(3)36-27(48)18(8-9-20(33)41)39-28(49)17(7-5-6-10-31)38-26(47)16(4)35-21(42)12-32/h14-19,24H,5-13,31-32H2,1-4H3,(H2,33,41)(H,34,46)(H,35,42)(H,36,48)(H,37,43)(H,38,47)(H,39,49)(H,40,50)(H,44,45)(H,51,52)/t15-,16-,17-,18-,19-,24-/m0/s1. The lowest BCUT2D eigenvalue weighted by atomic mass is 10.0. The minimum absolute atomic E-state index is 0.0875. The Labute approximate surface area is 299 Å². The van der Waals surface area contributed by atoms with Crippen LogP contribution < -0.4 is 54.4 Å². The van der Waals surface area contributed by atoms with Crippen molar-refractivity contribution >= 4 is 59.2 Å². The van der Waals surface area contributed by atoms with Crippen molar-refractivity contribution in [2.75, 3.05) is 19.6 Å². The van der Waals surface area contributed by atoms with Crippen LogP contribution in [0.3, 0.4) is 0 Å². The Kier molecular flexibility index (Phi) is 21.4. The highest BCUT2D eigenvalue weighted by molar-refractivity contribution is 5.97. The SMILES string of the molecule is CC(C)[C@H](NC(=O)[C@H](CC(=O)O)NC(=O)CNC(=O)[C@H](C)NC(=O)[C@H](CCC(N)=O)NC(=O)[C@H](CCCCN)NC(=O)[C@H](C)NC(=O)CN)C(=O)O. The van der Waals surface area contributed by atoms with Crippen LogP contribution in [-0.2, 0) is 47.9 Å². The van der Waals surface area contributed by atoms with Crippen LogP contribution in [0.25, 0.3) is 0 Å². The van der Waals surface area contributed by atoms with E-state index in [9.17, 15) is 53.1 Å². The van der Waals surface area contributed by atoms with Gasteiger partial charge in [-0.2, -0.15) is 0 Å². The zero-order valence-electron chi connectivity index (χ0n) is 29.6. The van der Waals surface area contributed by atoms with Crippen molar-refractivity contribution in [3.63, 3.8) is 0 Å². The lowest BCUT2D eigenvalue weighted by molar-refractivity contribution is -0.144. The Morgan fingerprint density at radius 1 is 0.596 bits per heavy atom. The molecule has 15 N–H and O–H groups in total. The third-order valence-electron chi connectivity index (χ3n) is 7.28. The maximum Gasteiger partial charge on any atom is 0.326 e. The molecule has 0 bridgehead atoms. The number of nitrogens with two attached hydrogens (primary N) is 3. The molecule has 6 atom stereocenters. The first-order chi connectivity index (χ1) is 24.2. The van der Waals surface area contributed by atoms with Crippen LogP contribution in [-0.4, -0.2) is 125 Å². The number of hydrogen-bond acceptors (Lipinski definition) is 12. The first kappa shape index (κ1) is 46.6. The monoisotopic (exact) mass is 744 g/mol. The van der Waals surface area contributed by atoms with E-state index in [1.54, 1.807) is 0 Å². The third-order valence-corrected chi connectivity index (χ3v) is 7.28. The van der Waals surface area contributed by atoms with Crippen LogP contribution in [0, 0.1) is 5.92 Å². The fraction of sp³-hybridized carbons (Fsp3) is 0.667. The fourth-order valence-corrected chi connectivity index (χ4v) is 4.35. The number of aliphatic carboxylic acids is 2. The number of nitrogens with one attached hydrogen (secondary N) is 7. The molecule has 0 saturated carbocycles. The highest BCUT2D eigenvalue weighted by Crippen LogP contribution is 2.06. The molecule has 0 rings (SSSR count). The van der Waals surface area contributed by atoms with Crippen molar-refractivity contribution < 1.29 is 58.2 Å². The van der Waals surface area contributed by atoms with Crippen molar-refractivity contribution in [2.24, 2.45) is 23.1 Å². The zero-order chi connectivity index (χ0) is 40.1. The Morgan fingerprint density at radius 3 is 1.65 bits per heavy atom. The van der Waals surface area contributed by atoms with Gasteiger partial charge in [-0.25, -0.2) is 4.79 Å². The van der Waals surface area contributed by atoms with Crippen molar-refractivity contribution in [3.05, 3.63) is 0 Å². The second-order valence-electron chi connectivity index (χ2n) is 12.1. The highest BCUT2D eigenvalue weighted by atomic mass is 16.4. The Morgan fingerprint density at radius 2 is 1.13 bits per heavy atom. The molecule has 0 aliphatic heterocycles. The van der Waals surface area contributed by atoms with Crippen molar-refractivity contribution in [3.8, 4) is 0 Å². The van der Waals surface area contributed by atoms with Gasteiger partial charge in [0.05, 0.1) is 19.5 Å². The first-order valence-electron chi connectivity index (χ1n) is 16.4. The van der Waals surface area contributed by atoms with Gasteiger partial charge in [0.15, 0.2) is 0 Å². The molecule has 294 valence electrons. The topological polar surface area (TPSA) is 373 Å². The maximum absolute atomic E-state index is 13.3. The van der Waals surface area contributed by atoms with Gasteiger partial charge in [-0.1, -0.05) is 13.8 Å².